The van der Waals surface area contributed by atoms with Crippen molar-refractivity contribution in [2.45, 2.75) is 25.7 Å². The average Bonchev–Trinajstić information content (AvgIpc) is 3.27. The van der Waals surface area contributed by atoms with Crippen molar-refractivity contribution in [3.63, 3.8) is 0 Å². The van der Waals surface area contributed by atoms with E-state index in [-0.39, 0.29) is 5.91 Å². The van der Waals surface area contributed by atoms with Crippen LogP contribution in [0.3, 0.4) is 0 Å². The van der Waals surface area contributed by atoms with Gasteiger partial charge in [0.25, 0.3) is 5.91 Å². The second-order valence-electron chi connectivity index (χ2n) is 9.20. The number of aryl methyl sites for hydroxylation is 1. The summed E-state index contributed by atoms with van der Waals surface area (Å²) in [5, 5.41) is 4.54. The third-order valence-electron chi connectivity index (χ3n) is 6.76. The van der Waals surface area contributed by atoms with Crippen LogP contribution in [-0.2, 0) is 0 Å². The fourth-order valence-electron chi connectivity index (χ4n) is 4.90. The Balaban J connectivity index is 1.47. The number of aromatic nitrogens is 2. The summed E-state index contributed by atoms with van der Waals surface area (Å²) >= 11 is 0. The minimum atomic E-state index is 0.00716. The maximum absolute atomic E-state index is 12.2. The molecular formula is C28H30N4O. The van der Waals surface area contributed by atoms with E-state index in [1.54, 1.807) is 19.0 Å². The van der Waals surface area contributed by atoms with Gasteiger partial charge in [0, 0.05) is 48.6 Å². The summed E-state index contributed by atoms with van der Waals surface area (Å²) in [6.45, 7) is 4.44. The van der Waals surface area contributed by atoms with Gasteiger partial charge in [-0.2, -0.15) is 0 Å². The summed E-state index contributed by atoms with van der Waals surface area (Å²) in [5.74, 6) is 0.660. The topological polar surface area (TPSA) is 61.0 Å². The van der Waals surface area contributed by atoms with E-state index in [9.17, 15) is 4.79 Å². The third kappa shape index (κ3) is 4.16. The van der Waals surface area contributed by atoms with Crippen LogP contribution in [0, 0.1) is 6.92 Å². The fraction of sp³-hybridized carbons (Fsp3) is 0.286. The number of benzene rings is 2. The van der Waals surface area contributed by atoms with Crippen molar-refractivity contribution in [1.82, 2.24) is 20.2 Å². The first-order valence-corrected chi connectivity index (χ1v) is 11.6. The minimum Gasteiger partial charge on any atom is -0.346 e. The molecule has 0 bridgehead atoms. The van der Waals surface area contributed by atoms with Gasteiger partial charge >= 0.3 is 0 Å². The van der Waals surface area contributed by atoms with E-state index in [0.717, 1.165) is 40.8 Å². The maximum atomic E-state index is 12.2. The van der Waals surface area contributed by atoms with Crippen molar-refractivity contribution in [2.75, 3.05) is 27.2 Å². The van der Waals surface area contributed by atoms with Crippen LogP contribution in [0.25, 0.3) is 33.3 Å². The number of nitrogens with zero attached hydrogens (tertiary/aromatic N) is 2. The van der Waals surface area contributed by atoms with Gasteiger partial charge in [-0.05, 0) is 79.2 Å². The van der Waals surface area contributed by atoms with Crippen molar-refractivity contribution >= 4 is 16.9 Å². The van der Waals surface area contributed by atoms with Crippen LogP contribution in [-0.4, -0.2) is 48.0 Å². The highest BCUT2D eigenvalue weighted by Gasteiger charge is 2.18. The number of hydrogen-bond acceptors (Lipinski definition) is 3. The number of aromatic amines is 1. The highest BCUT2D eigenvalue weighted by Crippen LogP contribution is 2.34. The molecular weight excluding hydrogens is 408 g/mol. The molecule has 1 fully saturated rings. The molecule has 1 aliphatic rings. The van der Waals surface area contributed by atoms with Crippen LogP contribution in [0.4, 0.5) is 0 Å². The molecule has 33 heavy (non-hydrogen) atoms. The largest absolute Gasteiger partial charge is 0.346 e. The van der Waals surface area contributed by atoms with Crippen molar-refractivity contribution in [1.29, 1.82) is 0 Å². The number of H-pyrrole nitrogens is 1. The molecule has 1 aliphatic heterocycles. The molecule has 1 amide bonds. The number of amides is 1. The molecule has 0 radical (unpaired) electrons. The molecule has 0 unspecified atom stereocenters. The summed E-state index contributed by atoms with van der Waals surface area (Å²) in [6.07, 6.45) is 6.36. The second kappa shape index (κ2) is 8.83. The van der Waals surface area contributed by atoms with Crippen LogP contribution in [0.15, 0.2) is 60.9 Å². The second-order valence-corrected chi connectivity index (χ2v) is 9.20. The Kier molecular flexibility index (Phi) is 5.73. The normalized spacial score (nSPS) is 14.5. The van der Waals surface area contributed by atoms with Gasteiger partial charge in [-0.25, -0.2) is 4.98 Å². The molecule has 2 aromatic carbocycles. The molecule has 0 saturated carbocycles. The van der Waals surface area contributed by atoms with Gasteiger partial charge in [-0.15, -0.1) is 0 Å². The van der Waals surface area contributed by atoms with E-state index >= 15 is 0 Å². The number of carbonyl (C=O) groups excluding carboxylic acids is 1. The van der Waals surface area contributed by atoms with Gasteiger partial charge in [0.05, 0.1) is 0 Å². The standard InChI is InChI=1S/C28H30N4O/c1-18-14-22(8-9-24(18)20-10-12-29-13-11-20)23-15-25-26(17-31-27(25)30-16-23)19-4-6-21(7-5-19)28(33)32(2)3/h4-9,14-17,20,29H,10-13H2,1-3H3,(H,30,31). The minimum absolute atomic E-state index is 0.00716. The van der Waals surface area contributed by atoms with Crippen LogP contribution >= 0.6 is 0 Å². The summed E-state index contributed by atoms with van der Waals surface area (Å²) in [7, 11) is 3.54. The van der Waals surface area contributed by atoms with Gasteiger partial charge in [0.15, 0.2) is 0 Å². The monoisotopic (exact) mass is 438 g/mol. The molecule has 3 heterocycles. The number of carbonyl (C=O) groups is 1. The zero-order valence-corrected chi connectivity index (χ0v) is 19.5. The average molecular weight is 439 g/mol. The van der Waals surface area contributed by atoms with Crippen molar-refractivity contribution < 1.29 is 4.79 Å². The Morgan fingerprint density at radius 1 is 0.970 bits per heavy atom. The predicted octanol–water partition coefficient (Wildman–Crippen LogP) is 5.37. The zero-order valence-electron chi connectivity index (χ0n) is 19.5. The molecule has 0 spiro atoms. The quantitative estimate of drug-likeness (QED) is 0.450. The molecule has 5 rings (SSSR count). The number of piperidine rings is 1. The van der Waals surface area contributed by atoms with Crippen LogP contribution in [0.5, 0.6) is 0 Å². The number of nitrogens with one attached hydrogen (secondary N) is 2. The molecule has 1 saturated heterocycles. The van der Waals surface area contributed by atoms with Gasteiger partial charge < -0.3 is 15.2 Å². The lowest BCUT2D eigenvalue weighted by Crippen LogP contribution is -2.26. The summed E-state index contributed by atoms with van der Waals surface area (Å²) in [4.78, 5) is 21.8. The smallest absolute Gasteiger partial charge is 0.253 e. The van der Waals surface area contributed by atoms with Crippen molar-refractivity contribution in [2.24, 2.45) is 0 Å². The first-order valence-electron chi connectivity index (χ1n) is 11.6. The van der Waals surface area contributed by atoms with Gasteiger partial charge in [0.2, 0.25) is 0 Å². The number of hydrogen-bond donors (Lipinski definition) is 2. The van der Waals surface area contributed by atoms with E-state index in [4.69, 9.17) is 4.98 Å². The SMILES string of the molecule is Cc1cc(-c2cnc3[nH]cc(-c4ccc(C(=O)N(C)C)cc4)c3c2)ccc1C1CCNCC1. The van der Waals surface area contributed by atoms with Gasteiger partial charge in [-0.3, -0.25) is 4.79 Å². The molecule has 2 N–H and O–H groups in total. The Labute approximate surface area is 194 Å². The molecule has 168 valence electrons. The lowest BCUT2D eigenvalue weighted by molar-refractivity contribution is 0.0827. The molecule has 4 aromatic rings. The Bertz CT molecular complexity index is 1300. The molecule has 0 aliphatic carbocycles. The number of pyridine rings is 1. The first kappa shape index (κ1) is 21.4. The van der Waals surface area contributed by atoms with E-state index in [1.165, 1.54) is 29.5 Å². The highest BCUT2D eigenvalue weighted by molar-refractivity contribution is 5.98. The maximum Gasteiger partial charge on any atom is 0.253 e. The third-order valence-corrected chi connectivity index (χ3v) is 6.76. The van der Waals surface area contributed by atoms with Crippen LogP contribution < -0.4 is 5.32 Å². The highest BCUT2D eigenvalue weighted by atomic mass is 16.2. The van der Waals surface area contributed by atoms with E-state index in [2.05, 4.69) is 41.5 Å². The number of fused-ring (bicyclic) bond motifs is 1. The van der Waals surface area contributed by atoms with Gasteiger partial charge in [-0.1, -0.05) is 30.3 Å². The molecule has 2 aromatic heterocycles. The van der Waals surface area contributed by atoms with E-state index < -0.39 is 0 Å². The molecule has 5 heteroatoms. The lowest BCUT2D eigenvalue weighted by atomic mass is 9.86. The first-order chi connectivity index (χ1) is 16.0. The fourth-order valence-corrected chi connectivity index (χ4v) is 4.90. The van der Waals surface area contributed by atoms with Gasteiger partial charge in [0.1, 0.15) is 5.65 Å². The Hall–Kier alpha value is -3.44. The zero-order chi connectivity index (χ0) is 22.9. The van der Waals surface area contributed by atoms with E-state index in [0.29, 0.717) is 11.5 Å². The Morgan fingerprint density at radius 3 is 2.39 bits per heavy atom. The van der Waals surface area contributed by atoms with Crippen molar-refractivity contribution in [3.05, 3.63) is 77.6 Å². The molecule has 5 nitrogen and oxygen atoms in total. The van der Waals surface area contributed by atoms with Crippen LogP contribution in [0.2, 0.25) is 0 Å². The number of rotatable bonds is 4. The van der Waals surface area contributed by atoms with Crippen LogP contribution in [0.1, 0.15) is 40.2 Å². The Morgan fingerprint density at radius 2 is 1.70 bits per heavy atom. The summed E-state index contributed by atoms with van der Waals surface area (Å²) < 4.78 is 0. The molecule has 0 atom stereocenters. The summed E-state index contributed by atoms with van der Waals surface area (Å²) in [6, 6.07) is 16.8. The summed E-state index contributed by atoms with van der Waals surface area (Å²) in [5.41, 5.74) is 8.84. The van der Waals surface area contributed by atoms with Crippen molar-refractivity contribution in [3.8, 4) is 22.3 Å². The van der Waals surface area contributed by atoms with E-state index in [1.807, 2.05) is 36.7 Å². The predicted molar refractivity (Wildman–Crippen MR) is 135 cm³/mol. The lowest BCUT2D eigenvalue weighted by Gasteiger charge is -2.24.